The smallest absolute Gasteiger partial charge is 0.275 e. The Labute approximate surface area is 177 Å². The summed E-state index contributed by atoms with van der Waals surface area (Å²) in [4.78, 5) is 39.3. The predicted molar refractivity (Wildman–Crippen MR) is 111 cm³/mol. The first kappa shape index (κ1) is 19.6. The van der Waals surface area contributed by atoms with E-state index in [0.29, 0.717) is 30.6 Å². The van der Waals surface area contributed by atoms with Crippen molar-refractivity contribution in [2.45, 2.75) is 32.2 Å². The number of nitrogens with zero attached hydrogens (tertiary/aromatic N) is 5. The van der Waals surface area contributed by atoms with Crippen LogP contribution in [0.3, 0.4) is 0 Å². The van der Waals surface area contributed by atoms with Crippen LogP contribution in [0.15, 0.2) is 30.9 Å². The Bertz CT molecular complexity index is 1160. The SMILES string of the molecule is Cc1cn2cc(NC(=O)c3cnc(N4CC[C@@H](CNC5CC5)C4=O)cn3)cc(F)c2n1. The third kappa shape index (κ3) is 3.98. The molecule has 1 aliphatic carbocycles. The van der Waals surface area contributed by atoms with Gasteiger partial charge < -0.3 is 15.0 Å². The molecular weight excluding hydrogens is 401 g/mol. The number of anilines is 2. The van der Waals surface area contributed by atoms with Crippen LogP contribution in [0, 0.1) is 18.7 Å². The molecule has 2 amide bonds. The highest BCUT2D eigenvalue weighted by Gasteiger charge is 2.34. The quantitative estimate of drug-likeness (QED) is 0.628. The third-order valence-corrected chi connectivity index (χ3v) is 5.58. The lowest BCUT2D eigenvalue weighted by atomic mass is 10.1. The lowest BCUT2D eigenvalue weighted by Gasteiger charge is -2.16. The number of pyridine rings is 1. The highest BCUT2D eigenvalue weighted by molar-refractivity contribution is 6.03. The van der Waals surface area contributed by atoms with E-state index in [9.17, 15) is 14.0 Å². The molecule has 1 saturated carbocycles. The molecule has 0 unspecified atom stereocenters. The average Bonchev–Trinajstić information content (AvgIpc) is 3.39. The standard InChI is InChI=1S/C21H22FN7O2/c1-12-10-28-11-15(6-16(22)19(28)26-12)27-20(30)17-8-25-18(9-24-17)29-5-4-13(21(29)31)7-23-14-2-3-14/h6,8-11,13-14,23H,2-5,7H2,1H3,(H,27,30)/t13-/m0/s1. The molecule has 31 heavy (non-hydrogen) atoms. The van der Waals surface area contributed by atoms with Crippen molar-refractivity contribution in [2.24, 2.45) is 5.92 Å². The minimum absolute atomic E-state index is 0.0269. The minimum Gasteiger partial charge on any atom is -0.319 e. The van der Waals surface area contributed by atoms with Gasteiger partial charge in [0.05, 0.1) is 29.7 Å². The lowest BCUT2D eigenvalue weighted by Crippen LogP contribution is -2.33. The van der Waals surface area contributed by atoms with Crippen molar-refractivity contribution in [3.8, 4) is 0 Å². The summed E-state index contributed by atoms with van der Waals surface area (Å²) in [5.74, 6) is -0.655. The van der Waals surface area contributed by atoms with Crippen molar-refractivity contribution in [3.63, 3.8) is 0 Å². The molecule has 10 heteroatoms. The number of rotatable bonds is 6. The molecule has 0 bridgehead atoms. The zero-order valence-electron chi connectivity index (χ0n) is 17.0. The Morgan fingerprint density at radius 1 is 1.23 bits per heavy atom. The van der Waals surface area contributed by atoms with Crippen LogP contribution in [0.5, 0.6) is 0 Å². The highest BCUT2D eigenvalue weighted by Crippen LogP contribution is 2.25. The summed E-state index contributed by atoms with van der Waals surface area (Å²) in [5, 5.41) is 6.02. The number of amides is 2. The second kappa shape index (κ2) is 7.69. The number of hydrogen-bond donors (Lipinski definition) is 2. The zero-order chi connectivity index (χ0) is 21.5. The van der Waals surface area contributed by atoms with Gasteiger partial charge in [0.2, 0.25) is 5.91 Å². The fourth-order valence-corrected chi connectivity index (χ4v) is 3.77. The summed E-state index contributed by atoms with van der Waals surface area (Å²) >= 11 is 0. The second-order valence-electron chi connectivity index (χ2n) is 8.06. The Morgan fingerprint density at radius 3 is 2.81 bits per heavy atom. The first-order valence-corrected chi connectivity index (χ1v) is 10.3. The van der Waals surface area contributed by atoms with Crippen molar-refractivity contribution in [3.05, 3.63) is 48.1 Å². The van der Waals surface area contributed by atoms with Crippen molar-refractivity contribution >= 4 is 29.0 Å². The van der Waals surface area contributed by atoms with Crippen molar-refractivity contribution in [1.29, 1.82) is 0 Å². The molecule has 2 fully saturated rings. The maximum atomic E-state index is 14.2. The molecule has 2 N–H and O–H groups in total. The van der Waals surface area contributed by atoms with E-state index in [-0.39, 0.29) is 28.9 Å². The summed E-state index contributed by atoms with van der Waals surface area (Å²) in [7, 11) is 0. The summed E-state index contributed by atoms with van der Waals surface area (Å²) in [6.45, 7) is 3.03. The molecule has 4 heterocycles. The van der Waals surface area contributed by atoms with Gasteiger partial charge in [0.15, 0.2) is 17.3 Å². The normalized spacial score (nSPS) is 18.7. The molecule has 0 aromatic carbocycles. The molecule has 1 saturated heterocycles. The summed E-state index contributed by atoms with van der Waals surface area (Å²) in [6.07, 6.45) is 9.13. The third-order valence-electron chi connectivity index (χ3n) is 5.58. The van der Waals surface area contributed by atoms with Gasteiger partial charge in [-0.1, -0.05) is 0 Å². The number of aryl methyl sites for hydroxylation is 1. The van der Waals surface area contributed by atoms with Gasteiger partial charge in [0.1, 0.15) is 5.69 Å². The molecule has 0 spiro atoms. The maximum absolute atomic E-state index is 14.2. The van der Waals surface area contributed by atoms with E-state index in [0.717, 1.165) is 6.42 Å². The number of carbonyl (C=O) groups excluding carboxylic acids is 2. The van der Waals surface area contributed by atoms with Crippen LogP contribution in [0.2, 0.25) is 0 Å². The lowest BCUT2D eigenvalue weighted by molar-refractivity contribution is -0.120. The van der Waals surface area contributed by atoms with E-state index < -0.39 is 11.7 Å². The van der Waals surface area contributed by atoms with Crippen LogP contribution < -0.4 is 15.5 Å². The van der Waals surface area contributed by atoms with Crippen LogP contribution in [0.1, 0.15) is 35.4 Å². The predicted octanol–water partition coefficient (Wildman–Crippen LogP) is 1.93. The van der Waals surface area contributed by atoms with Gasteiger partial charge in [0, 0.05) is 37.6 Å². The van der Waals surface area contributed by atoms with E-state index in [4.69, 9.17) is 0 Å². The number of halogens is 1. The van der Waals surface area contributed by atoms with Gasteiger partial charge in [0.25, 0.3) is 5.91 Å². The fourth-order valence-electron chi connectivity index (χ4n) is 3.77. The average molecular weight is 423 g/mol. The van der Waals surface area contributed by atoms with Gasteiger partial charge >= 0.3 is 0 Å². The maximum Gasteiger partial charge on any atom is 0.275 e. The number of carbonyl (C=O) groups is 2. The Morgan fingerprint density at radius 2 is 2.06 bits per heavy atom. The van der Waals surface area contributed by atoms with E-state index in [1.165, 1.54) is 35.7 Å². The van der Waals surface area contributed by atoms with Gasteiger partial charge in [-0.15, -0.1) is 0 Å². The van der Waals surface area contributed by atoms with Crippen LogP contribution in [-0.4, -0.2) is 50.3 Å². The molecule has 2 aliphatic rings. The van der Waals surface area contributed by atoms with Crippen LogP contribution in [-0.2, 0) is 4.79 Å². The van der Waals surface area contributed by atoms with E-state index >= 15 is 0 Å². The molecule has 0 radical (unpaired) electrons. The number of nitrogens with one attached hydrogen (secondary N) is 2. The number of fused-ring (bicyclic) bond motifs is 1. The van der Waals surface area contributed by atoms with E-state index in [2.05, 4.69) is 25.6 Å². The van der Waals surface area contributed by atoms with Gasteiger partial charge in [-0.2, -0.15) is 0 Å². The Kier molecular flexibility index (Phi) is 4.85. The molecule has 3 aromatic heterocycles. The van der Waals surface area contributed by atoms with Crippen LogP contribution in [0.25, 0.3) is 5.65 Å². The van der Waals surface area contributed by atoms with Crippen molar-refractivity contribution in [1.82, 2.24) is 24.7 Å². The van der Waals surface area contributed by atoms with Gasteiger partial charge in [-0.25, -0.2) is 19.3 Å². The number of hydrogen-bond acceptors (Lipinski definition) is 6. The van der Waals surface area contributed by atoms with E-state index in [1.54, 1.807) is 24.2 Å². The molecule has 3 aromatic rings. The van der Waals surface area contributed by atoms with Gasteiger partial charge in [-0.05, 0) is 26.2 Å². The molecule has 5 rings (SSSR count). The van der Waals surface area contributed by atoms with Gasteiger partial charge in [-0.3, -0.25) is 14.5 Å². The number of imidazole rings is 1. The largest absolute Gasteiger partial charge is 0.319 e. The molecular formula is C21H22FN7O2. The second-order valence-corrected chi connectivity index (χ2v) is 8.06. The van der Waals surface area contributed by atoms with Crippen LogP contribution in [0.4, 0.5) is 15.9 Å². The number of aromatic nitrogens is 4. The van der Waals surface area contributed by atoms with Crippen molar-refractivity contribution in [2.75, 3.05) is 23.3 Å². The minimum atomic E-state index is -0.536. The molecule has 1 aliphatic heterocycles. The molecule has 160 valence electrons. The first-order chi connectivity index (χ1) is 15.0. The van der Waals surface area contributed by atoms with E-state index in [1.807, 2.05) is 0 Å². The summed E-state index contributed by atoms with van der Waals surface area (Å²) < 4.78 is 15.7. The van der Waals surface area contributed by atoms with Crippen molar-refractivity contribution < 1.29 is 14.0 Å². The molecule has 9 nitrogen and oxygen atoms in total. The Hall–Kier alpha value is -3.40. The first-order valence-electron chi connectivity index (χ1n) is 10.3. The fraction of sp³-hybridized carbons (Fsp3) is 0.381. The topological polar surface area (TPSA) is 105 Å². The summed E-state index contributed by atoms with van der Waals surface area (Å²) in [5.41, 5.74) is 1.22. The van der Waals surface area contributed by atoms with Crippen LogP contribution >= 0.6 is 0 Å². The zero-order valence-corrected chi connectivity index (χ0v) is 17.0. The monoisotopic (exact) mass is 423 g/mol. The Balaban J connectivity index is 1.25. The summed E-state index contributed by atoms with van der Waals surface area (Å²) in [6, 6.07) is 1.77. The highest BCUT2D eigenvalue weighted by atomic mass is 19.1. The molecule has 1 atom stereocenters.